The quantitative estimate of drug-likeness (QED) is 0.703. The number of benzene rings is 2. The lowest BCUT2D eigenvalue weighted by molar-refractivity contribution is -0.116. The number of rotatable bonds is 3. The predicted octanol–water partition coefficient (Wildman–Crippen LogP) is 5.39. The Morgan fingerprint density at radius 3 is 2.36 bits per heavy atom. The molecule has 146 valence electrons. The van der Waals surface area contributed by atoms with Crippen molar-refractivity contribution in [3.05, 3.63) is 63.8 Å². The average molecular weight is 418 g/mol. The molecular formula is C22H21Cl2NO3. The molecule has 0 atom stereocenters. The van der Waals surface area contributed by atoms with Crippen LogP contribution in [-0.4, -0.2) is 29.8 Å². The molecule has 4 nitrogen and oxygen atoms in total. The zero-order valence-electron chi connectivity index (χ0n) is 15.5. The first kappa shape index (κ1) is 19.3. The van der Waals surface area contributed by atoms with E-state index in [-0.39, 0.29) is 23.3 Å². The fourth-order valence-corrected chi connectivity index (χ4v) is 4.49. The molecule has 2 aliphatic rings. The van der Waals surface area contributed by atoms with Crippen molar-refractivity contribution in [3.63, 3.8) is 0 Å². The fraction of sp³-hybridized carbons (Fsp3) is 0.318. The molecule has 1 aliphatic heterocycles. The van der Waals surface area contributed by atoms with Gasteiger partial charge in [-0.25, -0.2) is 0 Å². The number of aliphatic hydroxyl groups is 1. The monoisotopic (exact) mass is 417 g/mol. The molecule has 0 radical (unpaired) electrons. The second-order valence-corrected chi connectivity index (χ2v) is 8.24. The minimum absolute atomic E-state index is 0.0854. The summed E-state index contributed by atoms with van der Waals surface area (Å²) in [4.78, 5) is 12.8. The van der Waals surface area contributed by atoms with E-state index >= 15 is 0 Å². The maximum absolute atomic E-state index is 12.8. The van der Waals surface area contributed by atoms with Gasteiger partial charge in [-0.05, 0) is 61.1 Å². The number of hydrogen-bond acceptors (Lipinski definition) is 3. The van der Waals surface area contributed by atoms with Gasteiger partial charge in [-0.3, -0.25) is 4.79 Å². The molecule has 6 heteroatoms. The number of methoxy groups -OCH3 is 1. The van der Waals surface area contributed by atoms with Crippen molar-refractivity contribution < 1.29 is 14.6 Å². The Balaban J connectivity index is 1.74. The third kappa shape index (κ3) is 3.30. The Labute approximate surface area is 174 Å². The first-order valence-corrected chi connectivity index (χ1v) is 10.0. The van der Waals surface area contributed by atoms with Crippen molar-refractivity contribution in [1.29, 1.82) is 0 Å². The second-order valence-electron chi connectivity index (χ2n) is 7.40. The smallest absolute Gasteiger partial charge is 0.256 e. The molecule has 0 unspecified atom stereocenters. The van der Waals surface area contributed by atoms with E-state index in [0.717, 1.165) is 24.0 Å². The lowest BCUT2D eigenvalue weighted by atomic mass is 9.79. The van der Waals surface area contributed by atoms with E-state index in [2.05, 4.69) is 5.32 Å². The van der Waals surface area contributed by atoms with Crippen LogP contribution in [0.15, 0.2) is 48.2 Å². The van der Waals surface area contributed by atoms with Crippen molar-refractivity contribution in [1.82, 2.24) is 5.32 Å². The van der Waals surface area contributed by atoms with Crippen molar-refractivity contribution in [2.45, 2.75) is 37.3 Å². The number of amides is 1. The maximum atomic E-state index is 12.8. The van der Waals surface area contributed by atoms with E-state index in [9.17, 15) is 9.90 Å². The number of aliphatic hydroxyl groups excluding tert-OH is 1. The summed E-state index contributed by atoms with van der Waals surface area (Å²) in [5.74, 6) is -0.203. The summed E-state index contributed by atoms with van der Waals surface area (Å²) >= 11 is 12.4. The van der Waals surface area contributed by atoms with Crippen LogP contribution in [0.4, 0.5) is 0 Å². The van der Waals surface area contributed by atoms with E-state index in [1.807, 2.05) is 36.4 Å². The van der Waals surface area contributed by atoms with Crippen LogP contribution in [0.3, 0.4) is 0 Å². The van der Waals surface area contributed by atoms with Crippen LogP contribution in [0.2, 0.25) is 10.0 Å². The van der Waals surface area contributed by atoms with Gasteiger partial charge >= 0.3 is 0 Å². The van der Waals surface area contributed by atoms with Crippen LogP contribution >= 0.6 is 23.2 Å². The SMILES string of the molecule is CO[C@H]1CC[C@]2(CC1)NC(=O)C(c1cc(-c3ccc(Cl)cc3)ccc1Cl)=C2O. The zero-order valence-corrected chi connectivity index (χ0v) is 17.0. The van der Waals surface area contributed by atoms with Gasteiger partial charge in [0, 0.05) is 22.7 Å². The number of halogens is 2. The van der Waals surface area contributed by atoms with E-state index < -0.39 is 5.54 Å². The molecule has 2 aromatic rings. The van der Waals surface area contributed by atoms with Crippen molar-refractivity contribution in [2.75, 3.05) is 7.11 Å². The van der Waals surface area contributed by atoms with Gasteiger partial charge in [-0.2, -0.15) is 0 Å². The summed E-state index contributed by atoms with van der Waals surface area (Å²) in [5.41, 5.74) is 1.93. The van der Waals surface area contributed by atoms with Crippen LogP contribution in [0, 0.1) is 0 Å². The Morgan fingerprint density at radius 2 is 1.71 bits per heavy atom. The van der Waals surface area contributed by atoms with E-state index in [0.29, 0.717) is 28.5 Å². The minimum atomic E-state index is -0.721. The van der Waals surface area contributed by atoms with Gasteiger partial charge in [-0.1, -0.05) is 41.4 Å². The van der Waals surface area contributed by atoms with Gasteiger partial charge in [-0.15, -0.1) is 0 Å². The van der Waals surface area contributed by atoms with Gasteiger partial charge in [0.1, 0.15) is 5.76 Å². The molecule has 1 saturated carbocycles. The van der Waals surface area contributed by atoms with Crippen LogP contribution in [-0.2, 0) is 9.53 Å². The normalized spacial score (nSPS) is 24.7. The molecule has 1 aliphatic carbocycles. The van der Waals surface area contributed by atoms with Gasteiger partial charge in [0.15, 0.2) is 0 Å². The topological polar surface area (TPSA) is 58.6 Å². The summed E-state index contributed by atoms with van der Waals surface area (Å²) < 4.78 is 5.42. The molecule has 0 saturated heterocycles. The molecule has 28 heavy (non-hydrogen) atoms. The number of nitrogens with one attached hydrogen (secondary N) is 1. The van der Waals surface area contributed by atoms with E-state index in [1.165, 1.54) is 0 Å². The van der Waals surface area contributed by atoms with E-state index in [4.69, 9.17) is 27.9 Å². The molecule has 2 aromatic carbocycles. The Kier molecular flexibility index (Phi) is 5.13. The summed E-state index contributed by atoms with van der Waals surface area (Å²) in [6.07, 6.45) is 3.01. The molecule has 1 fully saturated rings. The fourth-order valence-electron chi connectivity index (χ4n) is 4.16. The number of carbonyl (C=O) groups excluding carboxylic acids is 1. The van der Waals surface area contributed by atoms with Gasteiger partial charge < -0.3 is 15.2 Å². The maximum Gasteiger partial charge on any atom is 0.256 e. The van der Waals surface area contributed by atoms with E-state index in [1.54, 1.807) is 13.2 Å². The second kappa shape index (κ2) is 7.43. The first-order chi connectivity index (χ1) is 13.4. The summed E-state index contributed by atoms with van der Waals surface area (Å²) in [5, 5.41) is 15.1. The minimum Gasteiger partial charge on any atom is -0.509 e. The Hall–Kier alpha value is -2.01. The average Bonchev–Trinajstić information content (AvgIpc) is 2.93. The highest BCUT2D eigenvalue weighted by atomic mass is 35.5. The molecule has 2 N–H and O–H groups in total. The molecule has 0 aromatic heterocycles. The van der Waals surface area contributed by atoms with Crippen molar-refractivity contribution >= 4 is 34.7 Å². The summed E-state index contributed by atoms with van der Waals surface area (Å²) in [6.45, 7) is 0. The molecular weight excluding hydrogens is 397 g/mol. The van der Waals surface area contributed by atoms with Gasteiger partial charge in [0.25, 0.3) is 5.91 Å². The standard InChI is InChI=1S/C22H21Cl2NO3/c1-28-16-8-10-22(11-9-16)20(26)19(21(27)25-22)17-12-14(4-7-18(17)24)13-2-5-15(23)6-3-13/h2-7,12,16,26H,8-11H2,1H3,(H,25,27)/t16-,22+. The predicted molar refractivity (Wildman–Crippen MR) is 112 cm³/mol. The van der Waals surface area contributed by atoms with Crippen molar-refractivity contribution in [2.24, 2.45) is 0 Å². The number of carbonyl (C=O) groups is 1. The Bertz CT molecular complexity index is 945. The zero-order chi connectivity index (χ0) is 19.9. The number of hydrogen-bond donors (Lipinski definition) is 2. The third-order valence-electron chi connectivity index (χ3n) is 5.80. The van der Waals surface area contributed by atoms with Gasteiger partial charge in [0.2, 0.25) is 0 Å². The van der Waals surface area contributed by atoms with Crippen LogP contribution < -0.4 is 5.32 Å². The molecule has 1 heterocycles. The molecule has 4 rings (SSSR count). The van der Waals surface area contributed by atoms with Crippen molar-refractivity contribution in [3.8, 4) is 11.1 Å². The van der Waals surface area contributed by atoms with Crippen LogP contribution in [0.5, 0.6) is 0 Å². The van der Waals surface area contributed by atoms with Gasteiger partial charge in [0.05, 0.1) is 17.2 Å². The highest BCUT2D eigenvalue weighted by Gasteiger charge is 2.48. The largest absolute Gasteiger partial charge is 0.509 e. The lowest BCUT2D eigenvalue weighted by Crippen LogP contribution is -2.48. The highest BCUT2D eigenvalue weighted by Crippen LogP contribution is 2.43. The number of ether oxygens (including phenoxy) is 1. The summed E-state index contributed by atoms with van der Waals surface area (Å²) in [6, 6.07) is 12.9. The first-order valence-electron chi connectivity index (χ1n) is 9.28. The molecule has 1 spiro atoms. The highest BCUT2D eigenvalue weighted by molar-refractivity contribution is 6.36. The van der Waals surface area contributed by atoms with Crippen LogP contribution in [0.1, 0.15) is 31.2 Å². The Morgan fingerprint density at radius 1 is 1.07 bits per heavy atom. The lowest BCUT2D eigenvalue weighted by Gasteiger charge is -2.36. The molecule has 1 amide bonds. The summed E-state index contributed by atoms with van der Waals surface area (Å²) in [7, 11) is 1.69. The van der Waals surface area contributed by atoms with Crippen LogP contribution in [0.25, 0.3) is 16.7 Å². The molecule has 0 bridgehead atoms. The third-order valence-corrected chi connectivity index (χ3v) is 6.38.